The number of nitrogens with zero attached hydrogens (tertiary/aromatic N) is 4. The van der Waals surface area contributed by atoms with Gasteiger partial charge in [0.2, 0.25) is 5.91 Å². The van der Waals surface area contributed by atoms with Crippen LogP contribution < -0.4 is 20.0 Å². The minimum absolute atomic E-state index is 0.00335. The van der Waals surface area contributed by atoms with Gasteiger partial charge in [0.05, 0.1) is 5.56 Å². The van der Waals surface area contributed by atoms with Crippen molar-refractivity contribution in [2.45, 2.75) is 32.0 Å². The van der Waals surface area contributed by atoms with Crippen molar-refractivity contribution in [2.75, 3.05) is 61.0 Å². The first-order chi connectivity index (χ1) is 17.2. The summed E-state index contributed by atoms with van der Waals surface area (Å²) in [4.78, 5) is 32.8. The predicted octanol–water partition coefficient (Wildman–Crippen LogP) is 3.86. The Morgan fingerprint density at radius 3 is 2.39 bits per heavy atom. The summed E-state index contributed by atoms with van der Waals surface area (Å²) in [6, 6.07) is 9.09. The molecule has 0 radical (unpaired) electrons. The van der Waals surface area contributed by atoms with Gasteiger partial charge in [-0.1, -0.05) is 0 Å². The van der Waals surface area contributed by atoms with E-state index in [0.29, 0.717) is 44.6 Å². The third-order valence-corrected chi connectivity index (χ3v) is 7.27. The van der Waals surface area contributed by atoms with Crippen LogP contribution in [0.5, 0.6) is 0 Å². The number of fused-ring (bicyclic) bond motifs is 1. The number of rotatable bonds is 4. The van der Waals surface area contributed by atoms with Gasteiger partial charge < -0.3 is 20.0 Å². The van der Waals surface area contributed by atoms with Crippen LogP contribution in [-0.4, -0.2) is 63.2 Å². The molecule has 0 spiro atoms. The fraction of sp³-hybridized carbons (Fsp3) is 0.462. The molecule has 2 fully saturated rings. The van der Waals surface area contributed by atoms with Crippen molar-refractivity contribution in [3.05, 3.63) is 53.1 Å². The first-order valence-corrected chi connectivity index (χ1v) is 12.3. The summed E-state index contributed by atoms with van der Waals surface area (Å²) >= 11 is 0. The second kappa shape index (κ2) is 9.65. The maximum Gasteiger partial charge on any atom is 0.416 e. The van der Waals surface area contributed by atoms with Gasteiger partial charge in [-0.3, -0.25) is 9.69 Å². The number of halogens is 3. The van der Waals surface area contributed by atoms with Gasteiger partial charge in [0.1, 0.15) is 0 Å². The molecule has 7 nitrogen and oxygen atoms in total. The summed E-state index contributed by atoms with van der Waals surface area (Å²) in [5.74, 6) is 0.111. The molecule has 36 heavy (non-hydrogen) atoms. The van der Waals surface area contributed by atoms with Crippen LogP contribution in [0.15, 0.2) is 36.4 Å². The number of benzene rings is 2. The number of hydrogen-bond acceptors (Lipinski definition) is 4. The monoisotopic (exact) mass is 501 g/mol. The number of carbonyl (C=O) groups excluding carboxylic acids is 2. The number of hydrogen-bond donors (Lipinski definition) is 1. The maximum absolute atomic E-state index is 13.4. The van der Waals surface area contributed by atoms with Crippen LogP contribution in [0.1, 0.15) is 29.5 Å². The highest BCUT2D eigenvalue weighted by Gasteiger charge is 2.32. The van der Waals surface area contributed by atoms with Gasteiger partial charge in [-0.15, -0.1) is 0 Å². The van der Waals surface area contributed by atoms with Crippen molar-refractivity contribution in [3.8, 4) is 0 Å². The highest BCUT2D eigenvalue weighted by Crippen LogP contribution is 2.35. The Morgan fingerprint density at radius 1 is 0.944 bits per heavy atom. The molecule has 0 aromatic heterocycles. The first-order valence-electron chi connectivity index (χ1n) is 12.3. The van der Waals surface area contributed by atoms with Crippen LogP contribution in [-0.2, 0) is 23.9 Å². The van der Waals surface area contributed by atoms with Crippen LogP contribution in [0, 0.1) is 0 Å². The number of piperazine rings is 1. The van der Waals surface area contributed by atoms with Crippen LogP contribution in [0.25, 0.3) is 0 Å². The van der Waals surface area contributed by atoms with E-state index < -0.39 is 11.7 Å². The number of nitrogens with one attached hydrogen (secondary N) is 1. The van der Waals surface area contributed by atoms with E-state index in [9.17, 15) is 22.8 Å². The third kappa shape index (κ3) is 4.86. The zero-order chi connectivity index (χ0) is 25.4. The molecule has 3 aliphatic heterocycles. The SMILES string of the molecule is CN1CCN(c2ccc(C(F)(F)F)cc2CNC(=O)N2CCc3cc(N4CCCC4=O)ccc32)CC1. The van der Waals surface area contributed by atoms with Crippen LogP contribution >= 0.6 is 0 Å². The lowest BCUT2D eigenvalue weighted by molar-refractivity contribution is -0.137. The molecule has 0 aliphatic carbocycles. The average molecular weight is 502 g/mol. The van der Waals surface area contributed by atoms with Gasteiger partial charge in [-0.05, 0) is 67.4 Å². The largest absolute Gasteiger partial charge is 0.416 e. The average Bonchev–Trinajstić information content (AvgIpc) is 3.48. The van der Waals surface area contributed by atoms with Crippen molar-refractivity contribution in [3.63, 3.8) is 0 Å². The second-order valence-electron chi connectivity index (χ2n) is 9.65. The summed E-state index contributed by atoms with van der Waals surface area (Å²) in [7, 11) is 2.02. The van der Waals surface area contributed by atoms with Crippen LogP contribution in [0.4, 0.5) is 35.0 Å². The Kier molecular flexibility index (Phi) is 6.55. The smallest absolute Gasteiger partial charge is 0.369 e. The molecular weight excluding hydrogens is 471 g/mol. The van der Waals surface area contributed by atoms with Gasteiger partial charge in [-0.2, -0.15) is 13.2 Å². The molecule has 1 N–H and O–H groups in total. The second-order valence-corrected chi connectivity index (χ2v) is 9.65. The molecule has 3 aliphatic rings. The fourth-order valence-electron chi connectivity index (χ4n) is 5.21. The molecule has 2 aromatic rings. The molecule has 5 rings (SSSR count). The molecule has 3 amide bonds. The first kappa shape index (κ1) is 24.4. The number of amides is 3. The van der Waals surface area contributed by atoms with E-state index in [-0.39, 0.29) is 18.5 Å². The minimum atomic E-state index is -4.46. The lowest BCUT2D eigenvalue weighted by atomic mass is 10.1. The molecular formula is C26H30F3N5O2. The number of alkyl halides is 3. The number of anilines is 3. The van der Waals surface area contributed by atoms with Gasteiger partial charge in [-0.25, -0.2) is 4.79 Å². The number of carbonyl (C=O) groups is 2. The number of likely N-dealkylation sites (N-methyl/N-ethyl adjacent to an activating group) is 1. The van der Waals surface area contributed by atoms with Gasteiger partial charge in [0.15, 0.2) is 0 Å². The van der Waals surface area contributed by atoms with Crippen LogP contribution in [0.2, 0.25) is 0 Å². The Balaban J connectivity index is 1.32. The predicted molar refractivity (Wildman–Crippen MR) is 132 cm³/mol. The third-order valence-electron chi connectivity index (χ3n) is 7.27. The molecule has 2 saturated heterocycles. The summed E-state index contributed by atoms with van der Waals surface area (Å²) in [6.07, 6.45) is -2.40. The van der Waals surface area contributed by atoms with Gasteiger partial charge in [0, 0.05) is 69.3 Å². The molecule has 0 atom stereocenters. The Hall–Kier alpha value is -3.27. The van der Waals surface area contributed by atoms with Gasteiger partial charge >= 0.3 is 12.2 Å². The molecule has 0 saturated carbocycles. The normalized spacial score (nSPS) is 18.7. The standard InChI is InChI=1S/C26H30F3N5O2/c1-31-11-13-32(14-12-31)22-6-4-20(26(27,28)29)15-19(22)17-30-25(36)34-10-8-18-16-21(5-7-23(18)34)33-9-2-3-24(33)35/h4-7,15-16H,2-3,8-14,17H2,1H3,(H,30,36). The van der Waals surface area contributed by atoms with E-state index >= 15 is 0 Å². The molecule has 3 heterocycles. The Bertz CT molecular complexity index is 1160. The fourth-order valence-corrected chi connectivity index (χ4v) is 5.21. The Labute approximate surface area is 208 Å². The lowest BCUT2D eigenvalue weighted by Crippen LogP contribution is -2.45. The van der Waals surface area contributed by atoms with E-state index in [2.05, 4.69) is 15.1 Å². The van der Waals surface area contributed by atoms with E-state index in [0.717, 1.165) is 54.3 Å². The molecule has 0 unspecified atom stereocenters. The topological polar surface area (TPSA) is 59.1 Å². The molecule has 192 valence electrons. The van der Waals surface area contributed by atoms with Crippen molar-refractivity contribution in [1.82, 2.24) is 10.2 Å². The van der Waals surface area contributed by atoms with E-state index in [1.54, 1.807) is 9.80 Å². The maximum atomic E-state index is 13.4. The van der Waals surface area contributed by atoms with Crippen molar-refractivity contribution in [2.24, 2.45) is 0 Å². The summed E-state index contributed by atoms with van der Waals surface area (Å²) in [5.41, 5.74) is 3.05. The zero-order valence-electron chi connectivity index (χ0n) is 20.3. The molecule has 2 aromatic carbocycles. The molecule has 10 heteroatoms. The summed E-state index contributed by atoms with van der Waals surface area (Å²) in [6.45, 7) is 4.25. The lowest BCUT2D eigenvalue weighted by Gasteiger charge is -2.35. The highest BCUT2D eigenvalue weighted by atomic mass is 19.4. The van der Waals surface area contributed by atoms with Crippen molar-refractivity contribution < 1.29 is 22.8 Å². The highest BCUT2D eigenvalue weighted by molar-refractivity contribution is 5.97. The quantitative estimate of drug-likeness (QED) is 0.692. The Morgan fingerprint density at radius 2 is 1.69 bits per heavy atom. The number of urea groups is 1. The minimum Gasteiger partial charge on any atom is -0.369 e. The van der Waals surface area contributed by atoms with Gasteiger partial charge in [0.25, 0.3) is 0 Å². The van der Waals surface area contributed by atoms with E-state index in [4.69, 9.17) is 0 Å². The summed E-state index contributed by atoms with van der Waals surface area (Å²) in [5, 5.41) is 2.84. The van der Waals surface area contributed by atoms with Crippen molar-refractivity contribution in [1.29, 1.82) is 0 Å². The van der Waals surface area contributed by atoms with Crippen molar-refractivity contribution >= 4 is 29.0 Å². The van der Waals surface area contributed by atoms with E-state index in [1.165, 1.54) is 6.07 Å². The molecule has 0 bridgehead atoms. The zero-order valence-corrected chi connectivity index (χ0v) is 20.3. The summed E-state index contributed by atoms with van der Waals surface area (Å²) < 4.78 is 40.3. The van der Waals surface area contributed by atoms with Crippen LogP contribution in [0.3, 0.4) is 0 Å². The van der Waals surface area contributed by atoms with E-state index in [1.807, 2.05) is 25.2 Å².